The Hall–Kier alpha value is -3.97. The molecular formula is C23H27N5O8. The van der Waals surface area contributed by atoms with Crippen molar-refractivity contribution in [3.63, 3.8) is 0 Å². The highest BCUT2D eigenvalue weighted by Gasteiger charge is 2.35. The number of aromatic nitrogens is 2. The Kier molecular flexibility index (Phi) is 8.13. The number of hydrogen-bond donors (Lipinski definition) is 2. The number of nitrogens with zero attached hydrogens (tertiary/aromatic N) is 3. The topological polar surface area (TPSA) is 164 Å². The van der Waals surface area contributed by atoms with Crippen molar-refractivity contribution in [1.82, 2.24) is 19.8 Å². The molecule has 36 heavy (non-hydrogen) atoms. The van der Waals surface area contributed by atoms with Crippen LogP contribution in [0.1, 0.15) is 24.6 Å². The van der Waals surface area contributed by atoms with Gasteiger partial charge in [0.1, 0.15) is 31.6 Å². The molecule has 3 N–H and O–H groups in total. The number of carbonyl (C=O) groups excluding carboxylic acids is 3. The average molecular weight is 501 g/mol. The molecule has 0 spiro atoms. The molecule has 0 bridgehead atoms. The average Bonchev–Trinajstić information content (AvgIpc) is 3.55. The van der Waals surface area contributed by atoms with E-state index in [0.29, 0.717) is 19.4 Å². The van der Waals surface area contributed by atoms with Crippen LogP contribution in [0.25, 0.3) is 0 Å². The molecule has 2 fully saturated rings. The number of likely N-dealkylation sites (tertiary alicyclic amines) is 1. The number of nitrogens with two attached hydrogens (primary N) is 1. The molecule has 1 aromatic heterocycles. The number of carbonyl (C=O) groups is 3. The highest BCUT2D eigenvalue weighted by molar-refractivity contribution is 5.88. The maximum Gasteiger partial charge on any atom is 0.410 e. The van der Waals surface area contributed by atoms with Gasteiger partial charge in [0.15, 0.2) is 12.5 Å². The van der Waals surface area contributed by atoms with Gasteiger partial charge in [-0.2, -0.15) is 4.98 Å². The summed E-state index contributed by atoms with van der Waals surface area (Å²) < 4.78 is 22.6. The Morgan fingerprint density at radius 3 is 2.75 bits per heavy atom. The van der Waals surface area contributed by atoms with Crippen molar-refractivity contribution in [2.75, 3.05) is 32.0 Å². The molecule has 0 aliphatic carbocycles. The predicted molar refractivity (Wildman–Crippen MR) is 123 cm³/mol. The standard InChI is InChI=1S/C23H27N5O8/c24-17-8-10-28(22(31)26-17)18-13-34-20(36-18)14-33-19(29)11-25-21(30)16-7-4-9-27(16)23(32)35-12-15-5-2-1-3-6-15/h1-3,5-6,8,10,16,18,20H,4,7,9,11-14H2,(H,25,30)(H2,24,26,31)/t16-,18?,20?/m0/s1. The molecule has 3 atom stereocenters. The van der Waals surface area contributed by atoms with Crippen LogP contribution in [-0.2, 0) is 35.1 Å². The lowest BCUT2D eigenvalue weighted by Crippen LogP contribution is -2.47. The Balaban J connectivity index is 1.18. The van der Waals surface area contributed by atoms with Gasteiger partial charge in [-0.1, -0.05) is 30.3 Å². The van der Waals surface area contributed by atoms with Crippen molar-refractivity contribution in [2.45, 2.75) is 38.0 Å². The van der Waals surface area contributed by atoms with Crippen molar-refractivity contribution in [3.05, 3.63) is 58.6 Å². The fraction of sp³-hybridized carbons (Fsp3) is 0.435. The highest BCUT2D eigenvalue weighted by atomic mass is 16.7. The normalized spacial score (nSPS) is 21.2. The maximum atomic E-state index is 12.6. The van der Waals surface area contributed by atoms with Crippen LogP contribution in [0.3, 0.4) is 0 Å². The number of anilines is 1. The van der Waals surface area contributed by atoms with Gasteiger partial charge < -0.3 is 30.0 Å². The molecule has 0 radical (unpaired) electrons. The summed E-state index contributed by atoms with van der Waals surface area (Å²) in [6.45, 7) is -0.0709. The van der Waals surface area contributed by atoms with Crippen molar-refractivity contribution in [3.8, 4) is 0 Å². The van der Waals surface area contributed by atoms with Gasteiger partial charge in [0.25, 0.3) is 0 Å². The zero-order valence-corrected chi connectivity index (χ0v) is 19.4. The Bertz CT molecular complexity index is 1140. The van der Waals surface area contributed by atoms with Crippen LogP contribution in [0.2, 0.25) is 0 Å². The minimum absolute atomic E-state index is 0.0579. The summed E-state index contributed by atoms with van der Waals surface area (Å²) >= 11 is 0. The molecule has 1 aromatic carbocycles. The van der Waals surface area contributed by atoms with E-state index >= 15 is 0 Å². The van der Waals surface area contributed by atoms with Gasteiger partial charge in [-0.3, -0.25) is 19.1 Å². The van der Waals surface area contributed by atoms with Crippen LogP contribution in [0.4, 0.5) is 10.6 Å². The van der Waals surface area contributed by atoms with Gasteiger partial charge in [0.05, 0.1) is 6.61 Å². The quantitative estimate of drug-likeness (QED) is 0.476. The molecule has 3 heterocycles. The Labute approximate surface area is 206 Å². The molecule has 4 rings (SSSR count). The first-order valence-corrected chi connectivity index (χ1v) is 11.4. The first kappa shape index (κ1) is 25.1. The van der Waals surface area contributed by atoms with Gasteiger partial charge in [-0.25, -0.2) is 9.59 Å². The SMILES string of the molecule is Nc1ccn(C2COC(COC(=O)CNC(=O)[C@@H]3CCCN3C(=O)OCc3ccccc3)O2)c(=O)n1. The van der Waals surface area contributed by atoms with Crippen LogP contribution >= 0.6 is 0 Å². The van der Waals surface area contributed by atoms with Crippen LogP contribution in [0.5, 0.6) is 0 Å². The van der Waals surface area contributed by atoms with Gasteiger partial charge >= 0.3 is 17.8 Å². The molecular weight excluding hydrogens is 474 g/mol. The zero-order chi connectivity index (χ0) is 25.5. The monoisotopic (exact) mass is 501 g/mol. The second kappa shape index (κ2) is 11.6. The second-order valence-corrected chi connectivity index (χ2v) is 8.19. The Morgan fingerprint density at radius 2 is 1.97 bits per heavy atom. The fourth-order valence-corrected chi connectivity index (χ4v) is 3.87. The van der Waals surface area contributed by atoms with Gasteiger partial charge in [-0.05, 0) is 24.5 Å². The summed E-state index contributed by atoms with van der Waals surface area (Å²) in [5, 5.41) is 2.50. The number of benzene rings is 1. The lowest BCUT2D eigenvalue weighted by molar-refractivity contribution is -0.158. The van der Waals surface area contributed by atoms with Crippen LogP contribution < -0.4 is 16.7 Å². The molecule has 13 nitrogen and oxygen atoms in total. The van der Waals surface area contributed by atoms with E-state index in [0.717, 1.165) is 5.56 Å². The highest BCUT2D eigenvalue weighted by Crippen LogP contribution is 2.20. The third-order valence-corrected chi connectivity index (χ3v) is 5.68. The number of nitrogens with one attached hydrogen (secondary N) is 1. The summed E-state index contributed by atoms with van der Waals surface area (Å²) in [6, 6.07) is 9.95. The molecule has 192 valence electrons. The van der Waals surface area contributed by atoms with Gasteiger partial charge in [0.2, 0.25) is 5.91 Å². The smallest absolute Gasteiger partial charge is 0.410 e. The van der Waals surface area contributed by atoms with Crippen molar-refractivity contribution >= 4 is 23.8 Å². The van der Waals surface area contributed by atoms with E-state index in [1.807, 2.05) is 30.3 Å². The van der Waals surface area contributed by atoms with E-state index in [9.17, 15) is 19.2 Å². The summed E-state index contributed by atoms with van der Waals surface area (Å²) in [6.07, 6.45) is 0.345. The zero-order valence-electron chi connectivity index (χ0n) is 19.4. The summed E-state index contributed by atoms with van der Waals surface area (Å²) in [5.41, 5.74) is 5.72. The molecule has 13 heteroatoms. The van der Waals surface area contributed by atoms with E-state index in [2.05, 4.69) is 10.3 Å². The molecule has 0 saturated carbocycles. The van der Waals surface area contributed by atoms with E-state index in [4.69, 9.17) is 24.7 Å². The molecule has 2 amide bonds. The van der Waals surface area contributed by atoms with E-state index in [1.54, 1.807) is 0 Å². The first-order valence-electron chi connectivity index (χ1n) is 11.4. The lowest BCUT2D eigenvalue weighted by atomic mass is 10.2. The van der Waals surface area contributed by atoms with Crippen molar-refractivity contribution in [1.29, 1.82) is 0 Å². The maximum absolute atomic E-state index is 12.6. The first-order chi connectivity index (χ1) is 17.4. The number of ether oxygens (including phenoxy) is 4. The molecule has 2 aromatic rings. The minimum Gasteiger partial charge on any atom is -0.459 e. The fourth-order valence-electron chi connectivity index (χ4n) is 3.87. The molecule has 2 unspecified atom stereocenters. The number of rotatable bonds is 8. The third kappa shape index (κ3) is 6.37. The van der Waals surface area contributed by atoms with Crippen LogP contribution in [-0.4, -0.2) is 71.1 Å². The van der Waals surface area contributed by atoms with Gasteiger partial charge in [-0.15, -0.1) is 0 Å². The largest absolute Gasteiger partial charge is 0.459 e. The van der Waals surface area contributed by atoms with Crippen molar-refractivity contribution < 1.29 is 33.3 Å². The lowest BCUT2D eigenvalue weighted by Gasteiger charge is -2.23. The molecule has 2 aliphatic rings. The van der Waals surface area contributed by atoms with Crippen LogP contribution in [0, 0.1) is 0 Å². The Morgan fingerprint density at radius 1 is 1.17 bits per heavy atom. The second-order valence-electron chi connectivity index (χ2n) is 8.19. The summed E-state index contributed by atoms with van der Waals surface area (Å²) in [4.78, 5) is 54.0. The summed E-state index contributed by atoms with van der Waals surface area (Å²) in [5.74, 6) is -1.08. The van der Waals surface area contributed by atoms with E-state index < -0.39 is 42.2 Å². The summed E-state index contributed by atoms with van der Waals surface area (Å²) in [7, 11) is 0. The molecule has 2 saturated heterocycles. The third-order valence-electron chi connectivity index (χ3n) is 5.68. The van der Waals surface area contributed by atoms with E-state index in [1.165, 1.54) is 21.7 Å². The number of amides is 2. The van der Waals surface area contributed by atoms with Crippen molar-refractivity contribution in [2.24, 2.45) is 0 Å². The van der Waals surface area contributed by atoms with Gasteiger partial charge in [0, 0.05) is 12.7 Å². The minimum atomic E-state index is -0.885. The number of nitrogen functional groups attached to an aromatic ring is 1. The number of esters is 1. The van der Waals surface area contributed by atoms with Crippen LogP contribution in [0.15, 0.2) is 47.4 Å². The number of hydrogen-bond acceptors (Lipinski definition) is 10. The van der Waals surface area contributed by atoms with E-state index in [-0.39, 0.29) is 32.2 Å². The molecule has 2 aliphatic heterocycles. The predicted octanol–water partition coefficient (Wildman–Crippen LogP) is 0.158.